The first-order valence-corrected chi connectivity index (χ1v) is 7.64. The minimum Gasteiger partial charge on any atom is -0.0707 e. The predicted octanol–water partition coefficient (Wildman–Crippen LogP) is 6.86. The SMILES string of the molecule is CC.CC1=C(C)C(C)C1C.CCC.CCCC. The van der Waals surface area contributed by atoms with E-state index in [2.05, 4.69) is 55.4 Å². The Morgan fingerprint density at radius 1 is 0.706 bits per heavy atom. The van der Waals surface area contributed by atoms with Gasteiger partial charge in [0.2, 0.25) is 0 Å². The molecule has 0 bridgehead atoms. The second-order valence-electron chi connectivity index (χ2n) is 4.65. The molecule has 0 N–H and O–H groups in total. The first-order chi connectivity index (χ1) is 7.97. The molecule has 0 nitrogen and oxygen atoms in total. The van der Waals surface area contributed by atoms with Crippen molar-refractivity contribution in [2.24, 2.45) is 11.8 Å². The molecule has 0 aromatic rings. The molecule has 1 rings (SSSR count). The van der Waals surface area contributed by atoms with Gasteiger partial charge in [0.1, 0.15) is 0 Å². The van der Waals surface area contributed by atoms with Gasteiger partial charge in [0.15, 0.2) is 0 Å². The summed E-state index contributed by atoms with van der Waals surface area (Å²) in [6.45, 7) is 21.7. The van der Waals surface area contributed by atoms with Crippen LogP contribution in [0.5, 0.6) is 0 Å². The molecule has 0 radical (unpaired) electrons. The quantitative estimate of drug-likeness (QED) is 0.441. The fraction of sp³-hybridized carbons (Fsp3) is 0.882. The van der Waals surface area contributed by atoms with Gasteiger partial charge < -0.3 is 0 Å². The summed E-state index contributed by atoms with van der Waals surface area (Å²) >= 11 is 0. The van der Waals surface area contributed by atoms with Gasteiger partial charge in [0.25, 0.3) is 0 Å². The number of unbranched alkanes of at least 4 members (excludes halogenated alkanes) is 1. The van der Waals surface area contributed by atoms with Crippen LogP contribution in [0, 0.1) is 11.8 Å². The summed E-state index contributed by atoms with van der Waals surface area (Å²) in [7, 11) is 0. The highest BCUT2D eigenvalue weighted by Gasteiger charge is 2.26. The number of hydrogen-bond donors (Lipinski definition) is 0. The van der Waals surface area contributed by atoms with Crippen LogP contribution < -0.4 is 0 Å². The predicted molar refractivity (Wildman–Crippen MR) is 84.6 cm³/mol. The van der Waals surface area contributed by atoms with Crippen molar-refractivity contribution in [3.05, 3.63) is 11.1 Å². The highest BCUT2D eigenvalue weighted by atomic mass is 14.3. The van der Waals surface area contributed by atoms with Crippen LogP contribution in [0.3, 0.4) is 0 Å². The molecule has 0 aromatic heterocycles. The Morgan fingerprint density at radius 3 is 0.941 bits per heavy atom. The molecule has 1 aliphatic rings. The van der Waals surface area contributed by atoms with Crippen LogP contribution in [0.15, 0.2) is 11.1 Å². The summed E-state index contributed by atoms with van der Waals surface area (Å²) in [5, 5.41) is 0. The van der Waals surface area contributed by atoms with Gasteiger partial charge in [-0.2, -0.15) is 0 Å². The van der Waals surface area contributed by atoms with Crippen molar-refractivity contribution in [1.82, 2.24) is 0 Å². The van der Waals surface area contributed by atoms with Crippen LogP contribution in [0.2, 0.25) is 0 Å². The van der Waals surface area contributed by atoms with Crippen molar-refractivity contribution in [3.8, 4) is 0 Å². The van der Waals surface area contributed by atoms with Crippen LogP contribution in [-0.2, 0) is 0 Å². The second kappa shape index (κ2) is 15.7. The van der Waals surface area contributed by atoms with Crippen molar-refractivity contribution in [2.75, 3.05) is 0 Å². The second-order valence-corrected chi connectivity index (χ2v) is 4.65. The van der Waals surface area contributed by atoms with Crippen molar-refractivity contribution in [3.63, 3.8) is 0 Å². The first kappa shape index (κ1) is 22.0. The maximum Gasteiger partial charge on any atom is -0.0169 e. The average molecular weight is 242 g/mol. The Morgan fingerprint density at radius 2 is 0.882 bits per heavy atom. The minimum atomic E-state index is 0.856. The molecule has 0 saturated carbocycles. The van der Waals surface area contributed by atoms with E-state index >= 15 is 0 Å². The molecule has 2 unspecified atom stereocenters. The fourth-order valence-corrected chi connectivity index (χ4v) is 1.37. The van der Waals surface area contributed by atoms with E-state index in [1.807, 2.05) is 13.8 Å². The smallest absolute Gasteiger partial charge is 0.0169 e. The third-order valence-corrected chi connectivity index (χ3v) is 3.24. The van der Waals surface area contributed by atoms with Gasteiger partial charge in [-0.3, -0.25) is 0 Å². The van der Waals surface area contributed by atoms with E-state index in [4.69, 9.17) is 0 Å². The van der Waals surface area contributed by atoms with Gasteiger partial charge in [-0.25, -0.2) is 0 Å². The molecule has 0 fully saturated rings. The summed E-state index contributed by atoms with van der Waals surface area (Å²) in [5.41, 5.74) is 3.22. The van der Waals surface area contributed by atoms with E-state index in [9.17, 15) is 0 Å². The van der Waals surface area contributed by atoms with Gasteiger partial charge >= 0.3 is 0 Å². The van der Waals surface area contributed by atoms with Gasteiger partial charge in [0.05, 0.1) is 0 Å². The van der Waals surface area contributed by atoms with Gasteiger partial charge in [-0.1, -0.05) is 85.8 Å². The van der Waals surface area contributed by atoms with Gasteiger partial charge in [-0.05, 0) is 25.7 Å². The maximum atomic E-state index is 2.30. The van der Waals surface area contributed by atoms with Crippen molar-refractivity contribution < 1.29 is 0 Å². The largest absolute Gasteiger partial charge is 0.0707 e. The zero-order valence-electron chi connectivity index (χ0n) is 14.3. The molecule has 2 atom stereocenters. The molecule has 0 amide bonds. The van der Waals surface area contributed by atoms with E-state index in [1.54, 1.807) is 11.1 Å². The molecule has 1 aliphatic carbocycles. The van der Waals surface area contributed by atoms with E-state index in [1.165, 1.54) is 19.3 Å². The molecule has 0 aromatic carbocycles. The number of allylic oxidation sites excluding steroid dienone is 2. The zero-order valence-corrected chi connectivity index (χ0v) is 14.3. The lowest BCUT2D eigenvalue weighted by Crippen LogP contribution is -2.22. The van der Waals surface area contributed by atoms with Gasteiger partial charge in [0, 0.05) is 0 Å². The zero-order chi connectivity index (χ0) is 14.4. The Kier molecular flexibility index (Phi) is 20.3. The topological polar surface area (TPSA) is 0 Å². The normalized spacial score (nSPS) is 20.8. The maximum absolute atomic E-state index is 2.30. The Hall–Kier alpha value is -0.260. The third kappa shape index (κ3) is 10.6. The van der Waals surface area contributed by atoms with Crippen molar-refractivity contribution >= 4 is 0 Å². The summed E-state index contributed by atoms with van der Waals surface area (Å²) in [5.74, 6) is 1.71. The highest BCUT2D eigenvalue weighted by Crippen LogP contribution is 2.38. The van der Waals surface area contributed by atoms with Crippen LogP contribution in [-0.4, -0.2) is 0 Å². The highest BCUT2D eigenvalue weighted by molar-refractivity contribution is 5.27. The fourth-order valence-electron chi connectivity index (χ4n) is 1.37. The van der Waals surface area contributed by atoms with Crippen LogP contribution in [0.4, 0.5) is 0 Å². The molecule has 0 heteroatoms. The lowest BCUT2D eigenvalue weighted by molar-refractivity contribution is 0.426. The van der Waals surface area contributed by atoms with Crippen LogP contribution in [0.25, 0.3) is 0 Å². The molecule has 106 valence electrons. The molecule has 0 aliphatic heterocycles. The molecule has 0 spiro atoms. The minimum absolute atomic E-state index is 0.856. The Bertz CT molecular complexity index is 147. The van der Waals surface area contributed by atoms with Crippen LogP contribution >= 0.6 is 0 Å². The van der Waals surface area contributed by atoms with E-state index in [-0.39, 0.29) is 0 Å². The lowest BCUT2D eigenvalue weighted by atomic mass is 9.71. The average Bonchev–Trinajstić information content (AvgIpc) is 2.39. The number of rotatable bonds is 1. The number of hydrogen-bond acceptors (Lipinski definition) is 0. The van der Waals surface area contributed by atoms with E-state index < -0.39 is 0 Å². The van der Waals surface area contributed by atoms with Gasteiger partial charge in [-0.15, -0.1) is 0 Å². The summed E-state index contributed by atoms with van der Waals surface area (Å²) in [6, 6.07) is 0. The Balaban J connectivity index is -0.000000186. The summed E-state index contributed by atoms with van der Waals surface area (Å²) in [4.78, 5) is 0. The third-order valence-electron chi connectivity index (χ3n) is 3.24. The molecule has 0 saturated heterocycles. The molecule has 17 heavy (non-hydrogen) atoms. The van der Waals surface area contributed by atoms with Crippen LogP contribution in [0.1, 0.15) is 88.5 Å². The Labute approximate surface area is 112 Å². The summed E-state index contributed by atoms with van der Waals surface area (Å²) in [6.07, 6.45) is 3.89. The van der Waals surface area contributed by atoms with E-state index in [0.717, 1.165) is 11.8 Å². The summed E-state index contributed by atoms with van der Waals surface area (Å²) < 4.78 is 0. The molecule has 0 heterocycles. The molecular weight excluding hydrogens is 204 g/mol. The monoisotopic (exact) mass is 242 g/mol. The lowest BCUT2D eigenvalue weighted by Gasteiger charge is -2.34. The van der Waals surface area contributed by atoms with Crippen molar-refractivity contribution in [1.29, 1.82) is 0 Å². The standard InChI is InChI=1S/C8H14.C4H10.C3H8.C2H6/c1-5-6(2)8(4)7(5)3;1-3-4-2;1-3-2;1-2/h5-6H,1-4H3;3-4H2,1-2H3;3H2,1-2H3;1-2H3. The first-order valence-electron chi connectivity index (χ1n) is 7.64. The van der Waals surface area contributed by atoms with Crippen molar-refractivity contribution in [2.45, 2.75) is 88.5 Å². The molecular formula is C17H38. The van der Waals surface area contributed by atoms with E-state index in [0.29, 0.717) is 0 Å².